The van der Waals surface area contributed by atoms with Crippen molar-refractivity contribution in [3.8, 4) is 0 Å². The van der Waals surface area contributed by atoms with Gasteiger partial charge in [0.15, 0.2) is 0 Å². The number of aliphatic carboxylic acids is 1. The van der Waals surface area contributed by atoms with Gasteiger partial charge in [0.1, 0.15) is 0 Å². The zero-order valence-electron chi connectivity index (χ0n) is 10.3. The lowest BCUT2D eigenvalue weighted by Gasteiger charge is -2.37. The smallest absolute Gasteiger partial charge is 0.317 e. The van der Waals surface area contributed by atoms with Gasteiger partial charge in [-0.25, -0.2) is 0 Å². The van der Waals surface area contributed by atoms with Gasteiger partial charge < -0.3 is 10.0 Å². The Morgan fingerprint density at radius 1 is 1.18 bits per heavy atom. The predicted octanol–water partition coefficient (Wildman–Crippen LogP) is 0.546. The number of hydrogen-bond donors (Lipinski definition) is 1. The minimum atomic E-state index is -0.769. The highest BCUT2D eigenvalue weighted by atomic mass is 16.4. The van der Waals surface area contributed by atoms with Crippen molar-refractivity contribution in [3.63, 3.8) is 0 Å². The molecule has 2 rings (SSSR count). The molecule has 0 unspecified atom stereocenters. The molecule has 17 heavy (non-hydrogen) atoms. The van der Waals surface area contributed by atoms with E-state index in [0.29, 0.717) is 12.1 Å². The van der Waals surface area contributed by atoms with Crippen molar-refractivity contribution in [1.82, 2.24) is 9.80 Å². The molecule has 1 amide bonds. The number of hydrogen-bond acceptors (Lipinski definition) is 3. The lowest BCUT2D eigenvalue weighted by atomic mass is 10.0. The van der Waals surface area contributed by atoms with Crippen LogP contribution in [0.25, 0.3) is 0 Å². The van der Waals surface area contributed by atoms with Gasteiger partial charge in [0.25, 0.3) is 0 Å². The first kappa shape index (κ1) is 12.4. The zero-order chi connectivity index (χ0) is 12.4. The van der Waals surface area contributed by atoms with E-state index in [2.05, 4.69) is 0 Å². The summed E-state index contributed by atoms with van der Waals surface area (Å²) in [4.78, 5) is 26.2. The quantitative estimate of drug-likeness (QED) is 0.779. The Labute approximate surface area is 101 Å². The van der Waals surface area contributed by atoms with E-state index in [-0.39, 0.29) is 12.5 Å². The number of carboxylic acid groups (broad SMARTS) is 1. The molecule has 1 saturated heterocycles. The van der Waals surface area contributed by atoms with Crippen LogP contribution in [0.1, 0.15) is 32.6 Å². The van der Waals surface area contributed by atoms with E-state index >= 15 is 0 Å². The van der Waals surface area contributed by atoms with Gasteiger partial charge in [-0.3, -0.25) is 14.5 Å². The van der Waals surface area contributed by atoms with Gasteiger partial charge in [0.05, 0.1) is 6.54 Å². The molecule has 1 saturated carbocycles. The van der Waals surface area contributed by atoms with Crippen LogP contribution in [-0.4, -0.2) is 58.5 Å². The van der Waals surface area contributed by atoms with Crippen molar-refractivity contribution in [2.24, 2.45) is 0 Å². The maximum atomic E-state index is 11.6. The van der Waals surface area contributed by atoms with Gasteiger partial charge >= 0.3 is 5.97 Å². The van der Waals surface area contributed by atoms with Crippen molar-refractivity contribution >= 4 is 11.9 Å². The maximum Gasteiger partial charge on any atom is 0.317 e. The molecule has 96 valence electrons. The van der Waals surface area contributed by atoms with E-state index in [1.807, 2.05) is 9.80 Å². The number of piperidine rings is 1. The summed E-state index contributed by atoms with van der Waals surface area (Å²) in [5.74, 6) is -0.599. The monoisotopic (exact) mass is 240 g/mol. The van der Waals surface area contributed by atoms with E-state index in [4.69, 9.17) is 5.11 Å². The fraction of sp³-hybridized carbons (Fsp3) is 0.833. The second-order valence-electron chi connectivity index (χ2n) is 5.06. The van der Waals surface area contributed by atoms with Crippen LogP contribution in [0.3, 0.4) is 0 Å². The van der Waals surface area contributed by atoms with Crippen molar-refractivity contribution in [2.45, 2.75) is 44.7 Å². The largest absolute Gasteiger partial charge is 0.480 e. The highest BCUT2D eigenvalue weighted by Crippen LogP contribution is 2.31. The third kappa shape index (κ3) is 3.19. The van der Waals surface area contributed by atoms with Crippen molar-refractivity contribution in [1.29, 1.82) is 0 Å². The fourth-order valence-electron chi connectivity index (χ4n) is 2.71. The first-order valence-electron chi connectivity index (χ1n) is 6.31. The van der Waals surface area contributed by atoms with Crippen LogP contribution < -0.4 is 0 Å². The molecule has 1 aliphatic heterocycles. The van der Waals surface area contributed by atoms with Gasteiger partial charge in [-0.15, -0.1) is 0 Å². The van der Waals surface area contributed by atoms with Crippen molar-refractivity contribution in [2.75, 3.05) is 19.6 Å². The third-order valence-corrected chi connectivity index (χ3v) is 3.61. The van der Waals surface area contributed by atoms with E-state index in [9.17, 15) is 9.59 Å². The Kier molecular flexibility index (Phi) is 3.66. The van der Waals surface area contributed by atoms with Crippen LogP contribution in [0.4, 0.5) is 0 Å². The number of carboxylic acids is 1. The molecule has 0 aromatic rings. The number of rotatable bonds is 4. The number of nitrogens with zero attached hydrogens (tertiary/aromatic N) is 2. The van der Waals surface area contributed by atoms with Crippen LogP contribution in [0.2, 0.25) is 0 Å². The third-order valence-electron chi connectivity index (χ3n) is 3.61. The minimum absolute atomic E-state index is 0.121. The first-order valence-corrected chi connectivity index (χ1v) is 6.31. The summed E-state index contributed by atoms with van der Waals surface area (Å²) >= 11 is 0. The molecule has 2 aliphatic rings. The Bertz CT molecular complexity index is 307. The van der Waals surface area contributed by atoms with E-state index in [1.54, 1.807) is 6.92 Å². The lowest BCUT2D eigenvalue weighted by molar-refractivity contribution is -0.140. The molecular weight excluding hydrogens is 220 g/mol. The van der Waals surface area contributed by atoms with Gasteiger partial charge in [-0.2, -0.15) is 0 Å². The predicted molar refractivity (Wildman–Crippen MR) is 62.6 cm³/mol. The van der Waals surface area contributed by atoms with E-state index in [1.165, 1.54) is 0 Å². The number of carbonyl (C=O) groups is 2. The highest BCUT2D eigenvalue weighted by Gasteiger charge is 2.37. The average Bonchev–Trinajstić information content (AvgIpc) is 3.04. The Morgan fingerprint density at radius 3 is 2.12 bits per heavy atom. The molecule has 1 N–H and O–H groups in total. The summed E-state index contributed by atoms with van der Waals surface area (Å²) in [6.07, 6.45) is 4.08. The molecule has 0 atom stereocenters. The molecule has 2 fully saturated rings. The van der Waals surface area contributed by atoms with E-state index in [0.717, 1.165) is 38.8 Å². The van der Waals surface area contributed by atoms with Crippen molar-refractivity contribution < 1.29 is 14.7 Å². The molecular formula is C12H20N2O3. The Morgan fingerprint density at radius 2 is 1.71 bits per heavy atom. The Balaban J connectivity index is 1.84. The number of carbonyl (C=O) groups excluding carboxylic acids is 1. The molecule has 0 aromatic heterocycles. The van der Waals surface area contributed by atoms with Gasteiger partial charge in [0, 0.05) is 32.1 Å². The van der Waals surface area contributed by atoms with Crippen LogP contribution in [-0.2, 0) is 9.59 Å². The van der Waals surface area contributed by atoms with Crippen LogP contribution >= 0.6 is 0 Å². The molecule has 0 radical (unpaired) electrons. The molecule has 5 nitrogen and oxygen atoms in total. The van der Waals surface area contributed by atoms with Crippen molar-refractivity contribution in [3.05, 3.63) is 0 Å². The second kappa shape index (κ2) is 5.04. The molecule has 5 heteroatoms. The maximum absolute atomic E-state index is 11.6. The Hall–Kier alpha value is -1.10. The molecule has 1 aliphatic carbocycles. The summed E-state index contributed by atoms with van der Waals surface area (Å²) in [6, 6.07) is 0.786. The number of likely N-dealkylation sites (tertiary alicyclic amines) is 1. The van der Waals surface area contributed by atoms with Gasteiger partial charge in [-0.1, -0.05) is 0 Å². The average molecular weight is 240 g/mol. The van der Waals surface area contributed by atoms with Gasteiger partial charge in [-0.05, 0) is 25.7 Å². The molecule has 1 heterocycles. The summed E-state index contributed by atoms with van der Waals surface area (Å²) in [5.41, 5.74) is 0. The van der Waals surface area contributed by atoms with Crippen LogP contribution in [0, 0.1) is 0 Å². The summed E-state index contributed by atoms with van der Waals surface area (Å²) < 4.78 is 0. The van der Waals surface area contributed by atoms with Crippen LogP contribution in [0.5, 0.6) is 0 Å². The zero-order valence-corrected chi connectivity index (χ0v) is 10.3. The molecule has 0 aromatic carbocycles. The standard InChI is InChI=1S/C12H20N2O3/c1-9(15)14(10-2-3-10)11-4-6-13(7-5-11)8-12(16)17/h10-11H,2-8H2,1H3,(H,16,17). The summed E-state index contributed by atoms with van der Waals surface area (Å²) in [6.45, 7) is 3.33. The lowest BCUT2D eigenvalue weighted by Crippen LogP contribution is -2.48. The minimum Gasteiger partial charge on any atom is -0.480 e. The number of amides is 1. The molecule has 0 spiro atoms. The highest BCUT2D eigenvalue weighted by molar-refractivity contribution is 5.74. The summed E-state index contributed by atoms with van der Waals surface area (Å²) in [7, 11) is 0. The topological polar surface area (TPSA) is 60.9 Å². The van der Waals surface area contributed by atoms with Gasteiger partial charge in [0.2, 0.25) is 5.91 Å². The summed E-state index contributed by atoms with van der Waals surface area (Å²) in [5, 5.41) is 8.72. The van der Waals surface area contributed by atoms with E-state index < -0.39 is 5.97 Å². The molecule has 0 bridgehead atoms. The SMILES string of the molecule is CC(=O)N(C1CC1)C1CCN(CC(=O)O)CC1. The first-order chi connectivity index (χ1) is 8.08. The van der Waals surface area contributed by atoms with Crippen LogP contribution in [0.15, 0.2) is 0 Å². The second-order valence-corrected chi connectivity index (χ2v) is 5.06. The normalized spacial score (nSPS) is 22.4. The fourth-order valence-corrected chi connectivity index (χ4v) is 2.71.